The van der Waals surface area contributed by atoms with Gasteiger partial charge in [0, 0.05) is 19.2 Å². The van der Waals surface area contributed by atoms with Gasteiger partial charge in [0.05, 0.1) is 17.3 Å². The van der Waals surface area contributed by atoms with Crippen LogP contribution in [0, 0.1) is 5.92 Å². The van der Waals surface area contributed by atoms with Gasteiger partial charge >= 0.3 is 0 Å². The number of sulfone groups is 1. The fourth-order valence-electron chi connectivity index (χ4n) is 3.89. The van der Waals surface area contributed by atoms with Crippen molar-refractivity contribution in [2.75, 3.05) is 26.0 Å². The monoisotopic (exact) mass is 415 g/mol. The molecule has 1 aliphatic carbocycles. The third-order valence-corrected chi connectivity index (χ3v) is 7.40. The summed E-state index contributed by atoms with van der Waals surface area (Å²) in [7, 11) is -1.91. The van der Waals surface area contributed by atoms with Gasteiger partial charge < -0.3 is 10.1 Å². The zero-order valence-electron chi connectivity index (χ0n) is 16.8. The van der Waals surface area contributed by atoms with E-state index < -0.39 is 9.84 Å². The first-order chi connectivity index (χ1) is 14.0. The highest BCUT2D eigenvalue weighted by Crippen LogP contribution is 2.35. The molecule has 1 N–H and O–H groups in total. The Morgan fingerprint density at radius 1 is 1.00 bits per heavy atom. The Hall–Kier alpha value is -2.18. The summed E-state index contributed by atoms with van der Waals surface area (Å²) in [6.07, 6.45) is 4.52. The Morgan fingerprint density at radius 2 is 1.66 bits per heavy atom. The molecule has 0 aromatic heterocycles. The van der Waals surface area contributed by atoms with E-state index in [-0.39, 0.29) is 23.2 Å². The van der Waals surface area contributed by atoms with Gasteiger partial charge in [-0.25, -0.2) is 8.42 Å². The second-order valence-electron chi connectivity index (χ2n) is 7.67. The van der Waals surface area contributed by atoms with E-state index in [0.29, 0.717) is 23.9 Å². The first kappa shape index (κ1) is 21.5. The van der Waals surface area contributed by atoms with Crippen LogP contribution in [0.2, 0.25) is 0 Å². The van der Waals surface area contributed by atoms with Crippen LogP contribution in [0.3, 0.4) is 0 Å². The van der Waals surface area contributed by atoms with Gasteiger partial charge in [-0.3, -0.25) is 4.79 Å². The molecule has 3 rings (SSSR count). The number of ether oxygens (including phenoxy) is 1. The van der Waals surface area contributed by atoms with Gasteiger partial charge in [-0.05, 0) is 67.3 Å². The van der Waals surface area contributed by atoms with E-state index in [1.165, 1.54) is 24.8 Å². The van der Waals surface area contributed by atoms with Crippen LogP contribution < -0.4 is 5.32 Å². The minimum atomic E-state index is -3.38. The molecule has 1 saturated carbocycles. The lowest BCUT2D eigenvalue weighted by Crippen LogP contribution is -2.31. The Morgan fingerprint density at radius 3 is 2.28 bits per heavy atom. The van der Waals surface area contributed by atoms with Crippen molar-refractivity contribution in [2.45, 2.75) is 36.5 Å². The molecule has 0 saturated heterocycles. The summed E-state index contributed by atoms with van der Waals surface area (Å²) in [6.45, 7) is 0.811. The van der Waals surface area contributed by atoms with Gasteiger partial charge in [0.1, 0.15) is 0 Å². The van der Waals surface area contributed by atoms with Gasteiger partial charge in [0.2, 0.25) is 0 Å². The number of benzene rings is 2. The van der Waals surface area contributed by atoms with Crippen molar-refractivity contribution in [1.82, 2.24) is 5.32 Å². The maximum Gasteiger partial charge on any atom is 0.251 e. The van der Waals surface area contributed by atoms with E-state index in [4.69, 9.17) is 4.74 Å². The molecule has 0 unspecified atom stereocenters. The summed E-state index contributed by atoms with van der Waals surface area (Å²) in [6, 6.07) is 16.8. The number of hydrogen-bond acceptors (Lipinski definition) is 4. The highest BCUT2D eigenvalue weighted by molar-refractivity contribution is 7.91. The molecule has 0 atom stereocenters. The zero-order chi connectivity index (χ0) is 20.7. The topological polar surface area (TPSA) is 72.5 Å². The van der Waals surface area contributed by atoms with Crippen molar-refractivity contribution in [2.24, 2.45) is 5.92 Å². The van der Waals surface area contributed by atoms with Crippen LogP contribution in [0.4, 0.5) is 0 Å². The van der Waals surface area contributed by atoms with Crippen LogP contribution in [0.1, 0.15) is 47.5 Å². The smallest absolute Gasteiger partial charge is 0.251 e. The fraction of sp³-hybridized carbons (Fsp3) is 0.435. The number of carbonyl (C=O) groups excluding carboxylic acids is 1. The Bertz CT molecular complexity index is 886. The van der Waals surface area contributed by atoms with E-state index in [1.54, 1.807) is 12.1 Å². The molecule has 5 nitrogen and oxygen atoms in total. The standard InChI is InChI=1S/C23H29NO4S/c1-28-15-16-29(26,27)22-13-11-21(12-14-22)23(25)24-17-18-7-9-20(10-8-18)19-5-3-2-4-6-19/h2-6,11-14,18,20H,7-10,15-17H2,1H3,(H,24,25). The highest BCUT2D eigenvalue weighted by Gasteiger charge is 2.23. The van der Waals surface area contributed by atoms with E-state index >= 15 is 0 Å². The number of amides is 1. The predicted molar refractivity (Wildman–Crippen MR) is 114 cm³/mol. The number of methoxy groups -OCH3 is 1. The Labute approximate surface area is 173 Å². The molecule has 156 valence electrons. The second-order valence-corrected chi connectivity index (χ2v) is 9.78. The first-order valence-corrected chi connectivity index (χ1v) is 11.8. The van der Waals surface area contributed by atoms with Crippen molar-refractivity contribution >= 4 is 15.7 Å². The molecule has 1 fully saturated rings. The summed E-state index contributed by atoms with van der Waals surface area (Å²) in [4.78, 5) is 12.6. The van der Waals surface area contributed by atoms with E-state index in [9.17, 15) is 13.2 Å². The van der Waals surface area contributed by atoms with Crippen LogP contribution in [-0.4, -0.2) is 40.3 Å². The minimum absolute atomic E-state index is 0.0688. The van der Waals surface area contributed by atoms with Crippen LogP contribution in [0.15, 0.2) is 59.5 Å². The van der Waals surface area contributed by atoms with Crippen molar-refractivity contribution in [3.05, 3.63) is 65.7 Å². The van der Waals surface area contributed by atoms with Gasteiger partial charge in [-0.15, -0.1) is 0 Å². The third-order valence-electron chi connectivity index (χ3n) is 5.70. The van der Waals surface area contributed by atoms with Gasteiger partial charge in [-0.2, -0.15) is 0 Å². The Balaban J connectivity index is 1.47. The quantitative estimate of drug-likeness (QED) is 0.712. The van der Waals surface area contributed by atoms with Crippen LogP contribution >= 0.6 is 0 Å². The summed E-state index contributed by atoms with van der Waals surface area (Å²) < 4.78 is 29.1. The molecule has 0 spiro atoms. The van der Waals surface area contributed by atoms with Gasteiger partial charge in [-0.1, -0.05) is 30.3 Å². The van der Waals surface area contributed by atoms with Crippen LogP contribution in [0.25, 0.3) is 0 Å². The first-order valence-electron chi connectivity index (χ1n) is 10.1. The molecule has 6 heteroatoms. The van der Waals surface area contributed by atoms with Crippen LogP contribution in [0.5, 0.6) is 0 Å². The van der Waals surface area contributed by atoms with Crippen molar-refractivity contribution in [3.8, 4) is 0 Å². The SMILES string of the molecule is COCCS(=O)(=O)c1ccc(C(=O)NCC2CCC(c3ccccc3)CC2)cc1. The normalized spacial score (nSPS) is 19.6. The third kappa shape index (κ3) is 5.90. The average Bonchev–Trinajstić information content (AvgIpc) is 2.77. The zero-order valence-corrected chi connectivity index (χ0v) is 17.7. The summed E-state index contributed by atoms with van der Waals surface area (Å²) in [5.74, 6) is 0.889. The van der Waals surface area contributed by atoms with E-state index in [1.807, 2.05) is 6.07 Å². The lowest BCUT2D eigenvalue weighted by Gasteiger charge is -2.29. The maximum absolute atomic E-state index is 12.4. The number of rotatable bonds is 8. The molecule has 2 aromatic carbocycles. The minimum Gasteiger partial charge on any atom is -0.384 e. The van der Waals surface area contributed by atoms with Crippen molar-refractivity contribution < 1.29 is 17.9 Å². The van der Waals surface area contributed by atoms with Crippen molar-refractivity contribution in [3.63, 3.8) is 0 Å². The maximum atomic E-state index is 12.4. The molecule has 0 aliphatic heterocycles. The molecular formula is C23H29NO4S. The molecular weight excluding hydrogens is 386 g/mol. The number of carbonyl (C=O) groups is 1. The van der Waals surface area contributed by atoms with Gasteiger partial charge in [0.15, 0.2) is 9.84 Å². The van der Waals surface area contributed by atoms with Gasteiger partial charge in [0.25, 0.3) is 5.91 Å². The summed E-state index contributed by atoms with van der Waals surface area (Å²) in [5, 5.41) is 3.01. The fourth-order valence-corrected chi connectivity index (χ4v) is 5.06. The lowest BCUT2D eigenvalue weighted by molar-refractivity contribution is 0.0942. The molecule has 0 bridgehead atoms. The average molecular weight is 416 g/mol. The molecule has 1 aliphatic rings. The molecule has 29 heavy (non-hydrogen) atoms. The second kappa shape index (κ2) is 10.0. The predicted octanol–water partition coefficient (Wildman–Crippen LogP) is 3.81. The van der Waals surface area contributed by atoms with Crippen LogP contribution in [-0.2, 0) is 14.6 Å². The molecule has 2 aromatic rings. The Kier molecular flexibility index (Phi) is 7.45. The van der Waals surface area contributed by atoms with Crippen molar-refractivity contribution in [1.29, 1.82) is 0 Å². The summed E-state index contributed by atoms with van der Waals surface area (Å²) in [5.41, 5.74) is 1.89. The van der Waals surface area contributed by atoms with E-state index in [2.05, 4.69) is 29.6 Å². The molecule has 1 amide bonds. The molecule has 0 heterocycles. The largest absolute Gasteiger partial charge is 0.384 e. The summed E-state index contributed by atoms with van der Waals surface area (Å²) >= 11 is 0. The van der Waals surface area contributed by atoms with E-state index in [0.717, 1.165) is 25.7 Å². The highest BCUT2D eigenvalue weighted by atomic mass is 32.2. The number of hydrogen-bond donors (Lipinski definition) is 1. The molecule has 0 radical (unpaired) electrons. The number of nitrogens with one attached hydrogen (secondary N) is 1. The lowest BCUT2D eigenvalue weighted by atomic mass is 9.78.